The molecule has 1 aromatic heterocycles. The van der Waals surface area contributed by atoms with Gasteiger partial charge in [0.2, 0.25) is 0 Å². The van der Waals surface area contributed by atoms with Crippen molar-refractivity contribution in [1.29, 1.82) is 0 Å². The molecule has 0 aliphatic heterocycles. The lowest BCUT2D eigenvalue weighted by Gasteiger charge is -2.14. The standard InChI is InChI=1S/C9H10ClF2N3O2/c1-15-4-5(3-13-15)7(6(16)2-10)14-9(17)8(11)12/h3-4,7-8H,2H2,1H3,(H,14,17). The highest BCUT2D eigenvalue weighted by atomic mass is 35.5. The van der Waals surface area contributed by atoms with Crippen molar-refractivity contribution < 1.29 is 18.4 Å². The lowest BCUT2D eigenvalue weighted by atomic mass is 10.1. The van der Waals surface area contributed by atoms with Crippen LogP contribution < -0.4 is 5.32 Å². The highest BCUT2D eigenvalue weighted by molar-refractivity contribution is 6.28. The molecule has 0 aliphatic rings. The largest absolute Gasteiger partial charge is 0.337 e. The molecule has 0 fully saturated rings. The molecule has 5 nitrogen and oxygen atoms in total. The minimum atomic E-state index is -3.18. The summed E-state index contributed by atoms with van der Waals surface area (Å²) < 4.78 is 25.6. The fourth-order valence-corrected chi connectivity index (χ4v) is 1.38. The van der Waals surface area contributed by atoms with E-state index in [4.69, 9.17) is 11.6 Å². The Morgan fingerprint density at radius 2 is 2.24 bits per heavy atom. The SMILES string of the molecule is Cn1cc(C(NC(=O)C(F)F)C(=O)CCl)cn1. The molecule has 1 unspecified atom stereocenters. The number of hydrogen-bond donors (Lipinski definition) is 1. The van der Waals surface area contributed by atoms with Gasteiger partial charge in [0, 0.05) is 18.8 Å². The smallest absolute Gasteiger partial charge is 0.315 e. The van der Waals surface area contributed by atoms with E-state index in [0.717, 1.165) is 0 Å². The van der Waals surface area contributed by atoms with Crippen LogP contribution in [0.1, 0.15) is 11.6 Å². The van der Waals surface area contributed by atoms with Gasteiger partial charge in [-0.3, -0.25) is 14.3 Å². The summed E-state index contributed by atoms with van der Waals surface area (Å²) in [4.78, 5) is 22.3. The number of hydrogen-bond acceptors (Lipinski definition) is 3. The van der Waals surface area contributed by atoms with Gasteiger partial charge in [0.05, 0.1) is 12.1 Å². The van der Waals surface area contributed by atoms with Crippen molar-refractivity contribution in [2.45, 2.75) is 12.5 Å². The summed E-state index contributed by atoms with van der Waals surface area (Å²) in [5, 5.41) is 5.71. The predicted molar refractivity (Wildman–Crippen MR) is 55.8 cm³/mol. The van der Waals surface area contributed by atoms with Gasteiger partial charge in [-0.25, -0.2) is 0 Å². The predicted octanol–water partition coefficient (Wildman–Crippen LogP) is 0.650. The third kappa shape index (κ3) is 3.48. The number of ketones is 1. The number of rotatable bonds is 5. The molecule has 0 aromatic carbocycles. The van der Waals surface area contributed by atoms with E-state index in [1.54, 1.807) is 7.05 Å². The first kappa shape index (κ1) is 13.6. The second-order valence-corrected chi connectivity index (χ2v) is 3.56. The van der Waals surface area contributed by atoms with Gasteiger partial charge in [0.25, 0.3) is 5.91 Å². The Balaban J connectivity index is 2.89. The number of carbonyl (C=O) groups excluding carboxylic acids is 2. The summed E-state index contributed by atoms with van der Waals surface area (Å²) in [6.07, 6.45) is -0.431. The molecule has 8 heteroatoms. The second kappa shape index (κ2) is 5.72. The Kier molecular flexibility index (Phi) is 4.56. The van der Waals surface area contributed by atoms with E-state index < -0.39 is 24.2 Å². The number of alkyl halides is 3. The maximum absolute atomic E-state index is 12.1. The number of halogens is 3. The molecule has 0 saturated carbocycles. The summed E-state index contributed by atoms with van der Waals surface area (Å²) in [6.45, 7) is 0. The third-order valence-electron chi connectivity index (χ3n) is 2.00. The molecule has 17 heavy (non-hydrogen) atoms. The number of nitrogens with one attached hydrogen (secondary N) is 1. The molecule has 1 aromatic rings. The maximum Gasteiger partial charge on any atom is 0.315 e. The van der Waals surface area contributed by atoms with E-state index in [0.29, 0.717) is 5.56 Å². The van der Waals surface area contributed by atoms with Crippen LogP contribution in [0.3, 0.4) is 0 Å². The molecule has 1 rings (SSSR count). The first-order valence-corrected chi connectivity index (χ1v) is 5.15. The second-order valence-electron chi connectivity index (χ2n) is 3.29. The van der Waals surface area contributed by atoms with E-state index in [1.165, 1.54) is 17.1 Å². The van der Waals surface area contributed by atoms with Gasteiger partial charge >= 0.3 is 6.43 Å². The van der Waals surface area contributed by atoms with Crippen LogP contribution in [0.25, 0.3) is 0 Å². The number of Topliss-reactive ketones (excluding diaryl/α,β-unsaturated/α-hetero) is 1. The minimum absolute atomic E-state index is 0.312. The number of aryl methyl sites for hydroxylation is 1. The van der Waals surface area contributed by atoms with Gasteiger partial charge in [-0.1, -0.05) is 0 Å². The Bertz CT molecular complexity index is 422. The molecule has 1 atom stereocenters. The topological polar surface area (TPSA) is 64.0 Å². The van der Waals surface area contributed by atoms with Gasteiger partial charge in [0.15, 0.2) is 5.78 Å². The molecule has 0 spiro atoms. The molecule has 1 amide bonds. The lowest BCUT2D eigenvalue weighted by molar-refractivity contribution is -0.135. The van der Waals surface area contributed by atoms with Crippen LogP contribution in [0.2, 0.25) is 0 Å². The lowest BCUT2D eigenvalue weighted by Crippen LogP contribution is -2.37. The minimum Gasteiger partial charge on any atom is -0.337 e. The Morgan fingerprint density at radius 3 is 2.65 bits per heavy atom. The van der Waals surface area contributed by atoms with Crippen molar-refractivity contribution >= 4 is 23.3 Å². The quantitative estimate of drug-likeness (QED) is 0.795. The zero-order valence-corrected chi connectivity index (χ0v) is 9.62. The first-order chi connectivity index (χ1) is 7.95. The molecular formula is C9H10ClF2N3O2. The Hall–Kier alpha value is -1.50. The zero-order chi connectivity index (χ0) is 13.0. The van der Waals surface area contributed by atoms with E-state index in [-0.39, 0.29) is 5.88 Å². The Morgan fingerprint density at radius 1 is 1.59 bits per heavy atom. The van der Waals surface area contributed by atoms with Gasteiger partial charge < -0.3 is 5.32 Å². The maximum atomic E-state index is 12.1. The summed E-state index contributed by atoms with van der Waals surface area (Å²) >= 11 is 5.35. The zero-order valence-electron chi connectivity index (χ0n) is 8.86. The van der Waals surface area contributed by atoms with Crippen molar-refractivity contribution in [3.05, 3.63) is 18.0 Å². The Labute approximate surface area is 101 Å². The number of nitrogens with zero attached hydrogens (tertiary/aromatic N) is 2. The summed E-state index contributed by atoms with van der Waals surface area (Å²) in [5.41, 5.74) is 0.312. The van der Waals surface area contributed by atoms with E-state index in [2.05, 4.69) is 5.10 Å². The van der Waals surface area contributed by atoms with Crippen LogP contribution in [0.5, 0.6) is 0 Å². The molecule has 0 saturated heterocycles. The third-order valence-corrected chi connectivity index (χ3v) is 2.26. The van der Waals surface area contributed by atoms with Gasteiger partial charge in [-0.2, -0.15) is 13.9 Å². The summed E-state index contributed by atoms with van der Waals surface area (Å²) in [5.74, 6) is -2.48. The van der Waals surface area contributed by atoms with Crippen LogP contribution in [0.4, 0.5) is 8.78 Å². The average molecular weight is 266 g/mol. The van der Waals surface area contributed by atoms with Crippen LogP contribution in [0.15, 0.2) is 12.4 Å². The molecular weight excluding hydrogens is 256 g/mol. The number of carbonyl (C=O) groups is 2. The number of amides is 1. The van der Waals surface area contributed by atoms with Crippen molar-refractivity contribution in [3.8, 4) is 0 Å². The highest BCUT2D eigenvalue weighted by Crippen LogP contribution is 2.14. The fraction of sp³-hybridized carbons (Fsp3) is 0.444. The summed E-state index contributed by atoms with van der Waals surface area (Å²) in [7, 11) is 1.60. The molecule has 1 heterocycles. The van der Waals surface area contributed by atoms with Crippen LogP contribution in [-0.2, 0) is 16.6 Å². The van der Waals surface area contributed by atoms with Gasteiger partial charge in [-0.15, -0.1) is 11.6 Å². The molecule has 0 radical (unpaired) electrons. The molecule has 0 bridgehead atoms. The van der Waals surface area contributed by atoms with Gasteiger partial charge in [-0.05, 0) is 0 Å². The van der Waals surface area contributed by atoms with Crippen LogP contribution in [0, 0.1) is 0 Å². The highest BCUT2D eigenvalue weighted by Gasteiger charge is 2.26. The fourth-order valence-electron chi connectivity index (χ4n) is 1.22. The van der Waals surface area contributed by atoms with Crippen LogP contribution in [-0.4, -0.2) is 33.8 Å². The van der Waals surface area contributed by atoms with Gasteiger partial charge in [0.1, 0.15) is 6.04 Å². The van der Waals surface area contributed by atoms with Crippen LogP contribution >= 0.6 is 11.6 Å². The van der Waals surface area contributed by atoms with Crippen molar-refractivity contribution in [3.63, 3.8) is 0 Å². The van der Waals surface area contributed by atoms with E-state index in [1.807, 2.05) is 5.32 Å². The van der Waals surface area contributed by atoms with E-state index in [9.17, 15) is 18.4 Å². The normalized spacial score (nSPS) is 12.5. The summed E-state index contributed by atoms with van der Waals surface area (Å²) in [6, 6.07) is -1.19. The molecule has 0 aliphatic carbocycles. The first-order valence-electron chi connectivity index (χ1n) is 4.61. The van der Waals surface area contributed by atoms with Crippen molar-refractivity contribution in [2.24, 2.45) is 7.05 Å². The van der Waals surface area contributed by atoms with E-state index >= 15 is 0 Å². The molecule has 1 N–H and O–H groups in total. The number of aromatic nitrogens is 2. The van der Waals surface area contributed by atoms with Crippen molar-refractivity contribution in [1.82, 2.24) is 15.1 Å². The monoisotopic (exact) mass is 265 g/mol. The average Bonchev–Trinajstić information content (AvgIpc) is 2.70. The molecule has 94 valence electrons. The van der Waals surface area contributed by atoms with Crippen molar-refractivity contribution in [2.75, 3.05) is 5.88 Å².